The zero-order valence-electron chi connectivity index (χ0n) is 20.5. The SMILES string of the molecule is Cc1cc(OCc2cccnc2)c(C)c2c1CCC([C@H](C)C(=O)NCCN1CCOCC1)[C@H]2O. The number of morpholine rings is 1. The highest BCUT2D eigenvalue weighted by atomic mass is 16.5. The first-order valence-electron chi connectivity index (χ1n) is 12.4. The summed E-state index contributed by atoms with van der Waals surface area (Å²) in [4.78, 5) is 19.4. The van der Waals surface area contributed by atoms with E-state index in [1.165, 1.54) is 5.56 Å². The average molecular weight is 468 g/mol. The molecule has 2 aliphatic rings. The van der Waals surface area contributed by atoms with Crippen molar-refractivity contribution in [3.8, 4) is 5.75 Å². The van der Waals surface area contributed by atoms with Crippen LogP contribution in [0, 0.1) is 25.7 Å². The van der Waals surface area contributed by atoms with Crippen LogP contribution in [0.2, 0.25) is 0 Å². The van der Waals surface area contributed by atoms with Crippen LogP contribution >= 0.6 is 0 Å². The Hall–Kier alpha value is -2.48. The van der Waals surface area contributed by atoms with E-state index in [0.717, 1.165) is 73.7 Å². The maximum absolute atomic E-state index is 12.9. The number of nitrogens with one attached hydrogen (secondary N) is 1. The molecule has 1 aliphatic carbocycles. The summed E-state index contributed by atoms with van der Waals surface area (Å²) in [5.41, 5.74) is 5.21. The minimum Gasteiger partial charge on any atom is -0.489 e. The third-order valence-electron chi connectivity index (χ3n) is 7.36. The summed E-state index contributed by atoms with van der Waals surface area (Å²) in [7, 11) is 0. The number of amides is 1. The van der Waals surface area contributed by atoms with Gasteiger partial charge in [-0.05, 0) is 61.1 Å². The average Bonchev–Trinajstić information content (AvgIpc) is 2.86. The van der Waals surface area contributed by atoms with E-state index >= 15 is 0 Å². The maximum Gasteiger partial charge on any atom is 0.223 e. The number of ether oxygens (including phenoxy) is 2. The van der Waals surface area contributed by atoms with Gasteiger partial charge in [-0.25, -0.2) is 0 Å². The molecule has 4 rings (SSSR count). The molecule has 2 heterocycles. The molecule has 7 nitrogen and oxygen atoms in total. The number of hydrogen-bond donors (Lipinski definition) is 2. The molecule has 1 aliphatic heterocycles. The number of fused-ring (bicyclic) bond motifs is 1. The van der Waals surface area contributed by atoms with Crippen LogP contribution < -0.4 is 10.1 Å². The second-order valence-corrected chi connectivity index (χ2v) is 9.54. The number of aliphatic hydroxyl groups excluding tert-OH is 1. The molecule has 1 unspecified atom stereocenters. The van der Waals surface area contributed by atoms with Gasteiger partial charge in [0.1, 0.15) is 12.4 Å². The number of aliphatic hydroxyl groups is 1. The van der Waals surface area contributed by atoms with Gasteiger partial charge in [-0.3, -0.25) is 14.7 Å². The van der Waals surface area contributed by atoms with Gasteiger partial charge in [-0.1, -0.05) is 13.0 Å². The van der Waals surface area contributed by atoms with Gasteiger partial charge in [-0.15, -0.1) is 0 Å². The summed E-state index contributed by atoms with van der Waals surface area (Å²) in [5.74, 6) is 0.400. The van der Waals surface area contributed by atoms with E-state index in [-0.39, 0.29) is 17.7 Å². The molecular formula is C27H37N3O4. The molecule has 2 aromatic rings. The van der Waals surface area contributed by atoms with E-state index in [4.69, 9.17) is 9.47 Å². The van der Waals surface area contributed by atoms with Crippen LogP contribution in [0.5, 0.6) is 5.75 Å². The van der Waals surface area contributed by atoms with Crippen LogP contribution in [-0.2, 0) is 22.6 Å². The Kier molecular flexibility index (Phi) is 8.19. The monoisotopic (exact) mass is 467 g/mol. The summed E-state index contributed by atoms with van der Waals surface area (Å²) in [5, 5.41) is 14.5. The standard InChI is InChI=1S/C27H37N3O4/c1-18-15-24(34-17-21-5-4-8-28-16-21)20(3)25-22(18)6-7-23(26(25)31)19(2)27(32)29-9-10-30-11-13-33-14-12-30/h4-5,8,15-16,19,23,26,31H,6-7,9-14,17H2,1-3H3,(H,29,32)/t19-,23?,26+/m0/s1. The predicted octanol–water partition coefficient (Wildman–Crippen LogP) is 2.96. The third-order valence-corrected chi connectivity index (χ3v) is 7.36. The summed E-state index contributed by atoms with van der Waals surface area (Å²) >= 11 is 0. The van der Waals surface area contributed by atoms with Crippen molar-refractivity contribution in [3.05, 3.63) is 58.4 Å². The number of pyridine rings is 1. The summed E-state index contributed by atoms with van der Waals surface area (Å²) in [6.45, 7) is 11.2. The number of carbonyl (C=O) groups excluding carboxylic acids is 1. The van der Waals surface area contributed by atoms with Crippen molar-refractivity contribution in [3.63, 3.8) is 0 Å². The number of aromatic nitrogens is 1. The Balaban J connectivity index is 1.42. The smallest absolute Gasteiger partial charge is 0.223 e. The molecule has 1 aromatic carbocycles. The number of nitrogens with zero attached hydrogens (tertiary/aromatic N) is 2. The van der Waals surface area contributed by atoms with Crippen LogP contribution in [0.4, 0.5) is 0 Å². The molecular weight excluding hydrogens is 430 g/mol. The van der Waals surface area contributed by atoms with Gasteiger partial charge in [0.15, 0.2) is 0 Å². The molecule has 7 heteroatoms. The van der Waals surface area contributed by atoms with Crippen molar-refractivity contribution in [1.29, 1.82) is 0 Å². The van der Waals surface area contributed by atoms with Gasteiger partial charge >= 0.3 is 0 Å². The van der Waals surface area contributed by atoms with Gasteiger partial charge in [0.2, 0.25) is 5.91 Å². The molecule has 1 fully saturated rings. The fourth-order valence-corrected chi connectivity index (χ4v) is 5.21. The highest BCUT2D eigenvalue weighted by molar-refractivity contribution is 5.78. The topological polar surface area (TPSA) is 83.9 Å². The Bertz CT molecular complexity index is 976. The molecule has 1 aromatic heterocycles. The molecule has 0 spiro atoms. The van der Waals surface area contributed by atoms with Crippen LogP contribution in [0.1, 0.15) is 47.3 Å². The second-order valence-electron chi connectivity index (χ2n) is 9.54. The Morgan fingerprint density at radius 3 is 2.88 bits per heavy atom. The Morgan fingerprint density at radius 2 is 2.15 bits per heavy atom. The number of rotatable bonds is 8. The normalized spacial score (nSPS) is 21.5. The first-order valence-corrected chi connectivity index (χ1v) is 12.4. The highest BCUT2D eigenvalue weighted by Crippen LogP contribution is 2.44. The first kappa shape index (κ1) is 24.6. The van der Waals surface area contributed by atoms with E-state index in [1.807, 2.05) is 26.0 Å². The van der Waals surface area contributed by atoms with E-state index in [0.29, 0.717) is 13.2 Å². The van der Waals surface area contributed by atoms with Gasteiger partial charge in [0.25, 0.3) is 0 Å². The second kappa shape index (κ2) is 11.3. The molecule has 1 amide bonds. The van der Waals surface area contributed by atoms with Gasteiger partial charge in [-0.2, -0.15) is 0 Å². The van der Waals surface area contributed by atoms with E-state index in [2.05, 4.69) is 28.2 Å². The Labute approximate surface area is 202 Å². The quantitative estimate of drug-likeness (QED) is 0.621. The van der Waals surface area contributed by atoms with E-state index in [9.17, 15) is 9.90 Å². The molecule has 34 heavy (non-hydrogen) atoms. The van der Waals surface area contributed by atoms with Crippen molar-refractivity contribution >= 4 is 5.91 Å². The molecule has 0 bridgehead atoms. The number of carbonyl (C=O) groups is 1. The lowest BCUT2D eigenvalue weighted by atomic mass is 9.72. The lowest BCUT2D eigenvalue weighted by Crippen LogP contribution is -2.43. The predicted molar refractivity (Wildman–Crippen MR) is 131 cm³/mol. The van der Waals surface area contributed by atoms with Gasteiger partial charge in [0.05, 0.1) is 19.3 Å². The maximum atomic E-state index is 12.9. The van der Waals surface area contributed by atoms with Crippen molar-refractivity contribution in [2.45, 2.75) is 46.3 Å². The lowest BCUT2D eigenvalue weighted by molar-refractivity contribution is -0.128. The molecule has 0 radical (unpaired) electrons. The third kappa shape index (κ3) is 5.59. The minimum absolute atomic E-state index is 0.0131. The summed E-state index contributed by atoms with van der Waals surface area (Å²) in [6.07, 6.45) is 4.50. The van der Waals surface area contributed by atoms with Gasteiger partial charge in [0, 0.05) is 56.0 Å². The zero-order chi connectivity index (χ0) is 24.1. The van der Waals surface area contributed by atoms with Crippen molar-refractivity contribution in [2.75, 3.05) is 39.4 Å². The highest BCUT2D eigenvalue weighted by Gasteiger charge is 2.37. The van der Waals surface area contributed by atoms with Crippen LogP contribution in [-0.4, -0.2) is 60.3 Å². The first-order chi connectivity index (χ1) is 16.5. The van der Waals surface area contributed by atoms with Crippen LogP contribution in [0.15, 0.2) is 30.6 Å². The molecule has 1 saturated heterocycles. The summed E-state index contributed by atoms with van der Waals surface area (Å²) < 4.78 is 11.5. The number of aryl methyl sites for hydroxylation is 1. The summed E-state index contributed by atoms with van der Waals surface area (Å²) in [6, 6.07) is 5.95. The van der Waals surface area contributed by atoms with Crippen LogP contribution in [0.3, 0.4) is 0 Å². The minimum atomic E-state index is -0.690. The zero-order valence-corrected chi connectivity index (χ0v) is 20.5. The Morgan fingerprint density at radius 1 is 1.35 bits per heavy atom. The molecule has 0 saturated carbocycles. The van der Waals surface area contributed by atoms with E-state index in [1.54, 1.807) is 12.4 Å². The number of hydrogen-bond acceptors (Lipinski definition) is 6. The molecule has 3 atom stereocenters. The molecule has 184 valence electrons. The van der Waals surface area contributed by atoms with Crippen molar-refractivity contribution < 1.29 is 19.4 Å². The lowest BCUT2D eigenvalue weighted by Gasteiger charge is -2.36. The van der Waals surface area contributed by atoms with Gasteiger partial charge < -0.3 is 19.9 Å². The van der Waals surface area contributed by atoms with E-state index < -0.39 is 6.10 Å². The van der Waals surface area contributed by atoms with Crippen molar-refractivity contribution in [2.24, 2.45) is 11.8 Å². The number of benzene rings is 1. The molecule has 2 N–H and O–H groups in total. The fourth-order valence-electron chi connectivity index (χ4n) is 5.21. The van der Waals surface area contributed by atoms with Crippen LogP contribution in [0.25, 0.3) is 0 Å². The fraction of sp³-hybridized carbons (Fsp3) is 0.556. The van der Waals surface area contributed by atoms with Crippen molar-refractivity contribution in [1.82, 2.24) is 15.2 Å². The largest absolute Gasteiger partial charge is 0.489 e.